The first-order chi connectivity index (χ1) is 7.78. The average Bonchev–Trinajstić information content (AvgIpc) is 2.77. The third-order valence-electron chi connectivity index (χ3n) is 3.25. The summed E-state index contributed by atoms with van der Waals surface area (Å²) in [5.74, 6) is 0. The van der Waals surface area contributed by atoms with Gasteiger partial charge in [0, 0.05) is 10.9 Å². The fourth-order valence-corrected chi connectivity index (χ4v) is 3.02. The maximum absolute atomic E-state index is 6.26. The highest BCUT2D eigenvalue weighted by Gasteiger charge is 2.37. The lowest BCUT2D eigenvalue weighted by Gasteiger charge is -2.35. The normalized spacial score (nSPS) is 18.1. The minimum Gasteiger partial charge on any atom is -0.319 e. The van der Waals surface area contributed by atoms with Gasteiger partial charge in [-0.3, -0.25) is 0 Å². The predicted molar refractivity (Wildman–Crippen MR) is 67.3 cm³/mol. The van der Waals surface area contributed by atoms with Crippen LogP contribution in [0.3, 0.4) is 0 Å². The molecule has 2 nitrogen and oxygen atoms in total. The van der Waals surface area contributed by atoms with Crippen LogP contribution in [0.15, 0.2) is 35.7 Å². The summed E-state index contributed by atoms with van der Waals surface area (Å²) in [4.78, 5) is 4.67. The molecule has 82 valence electrons. The van der Waals surface area contributed by atoms with E-state index >= 15 is 0 Å². The molecule has 3 rings (SSSR count). The van der Waals surface area contributed by atoms with Crippen molar-refractivity contribution in [1.82, 2.24) is 4.98 Å². The van der Waals surface area contributed by atoms with E-state index in [1.54, 1.807) is 11.3 Å². The van der Waals surface area contributed by atoms with Crippen LogP contribution in [0.5, 0.6) is 0 Å². The van der Waals surface area contributed by atoms with Gasteiger partial charge in [-0.05, 0) is 19.3 Å². The maximum Gasteiger partial charge on any atom is 0.113 e. The third kappa shape index (κ3) is 1.56. The van der Waals surface area contributed by atoms with Crippen molar-refractivity contribution in [3.63, 3.8) is 0 Å². The number of rotatable bonds is 2. The Morgan fingerprint density at radius 3 is 2.56 bits per heavy atom. The first kappa shape index (κ1) is 10.00. The third-order valence-corrected chi connectivity index (χ3v) is 4.31. The predicted octanol–water partition coefficient (Wildman–Crippen LogP) is 3.15. The van der Waals surface area contributed by atoms with Crippen LogP contribution in [0.4, 0.5) is 0 Å². The molecule has 0 aliphatic heterocycles. The Bertz CT molecular complexity index is 486. The van der Waals surface area contributed by atoms with E-state index in [0.717, 1.165) is 23.5 Å². The van der Waals surface area contributed by atoms with Gasteiger partial charge in [-0.15, -0.1) is 11.3 Å². The zero-order valence-electron chi connectivity index (χ0n) is 9.02. The van der Waals surface area contributed by atoms with E-state index in [-0.39, 0.29) is 5.54 Å². The molecule has 0 saturated heterocycles. The van der Waals surface area contributed by atoms with Gasteiger partial charge in [0.25, 0.3) is 0 Å². The summed E-state index contributed by atoms with van der Waals surface area (Å²) >= 11 is 1.69. The Kier molecular flexibility index (Phi) is 2.30. The van der Waals surface area contributed by atoms with E-state index in [1.165, 1.54) is 12.0 Å². The molecule has 1 saturated carbocycles. The van der Waals surface area contributed by atoms with Crippen molar-refractivity contribution >= 4 is 11.3 Å². The summed E-state index contributed by atoms with van der Waals surface area (Å²) in [5, 5.41) is 3.20. The van der Waals surface area contributed by atoms with Gasteiger partial charge in [-0.25, -0.2) is 4.98 Å². The van der Waals surface area contributed by atoms with Crippen LogP contribution in [-0.4, -0.2) is 4.98 Å². The van der Waals surface area contributed by atoms with E-state index in [9.17, 15) is 0 Å². The second-order valence-electron chi connectivity index (χ2n) is 4.41. The molecule has 16 heavy (non-hydrogen) atoms. The van der Waals surface area contributed by atoms with Gasteiger partial charge in [0.05, 0.1) is 11.2 Å². The standard InChI is InChI=1S/C13H14N2S/c14-13(7-4-8-13)12-15-11(9-16-12)10-5-2-1-3-6-10/h1-3,5-6,9H,4,7-8,14H2. The molecule has 1 fully saturated rings. The van der Waals surface area contributed by atoms with Crippen molar-refractivity contribution in [2.45, 2.75) is 24.8 Å². The molecule has 3 heteroatoms. The van der Waals surface area contributed by atoms with Gasteiger partial charge in [-0.2, -0.15) is 0 Å². The van der Waals surface area contributed by atoms with Gasteiger partial charge in [0.1, 0.15) is 5.01 Å². The molecule has 0 radical (unpaired) electrons. The Hall–Kier alpha value is -1.19. The van der Waals surface area contributed by atoms with E-state index < -0.39 is 0 Å². The highest BCUT2D eigenvalue weighted by molar-refractivity contribution is 7.10. The van der Waals surface area contributed by atoms with Crippen molar-refractivity contribution in [3.05, 3.63) is 40.7 Å². The molecule has 0 bridgehead atoms. The number of nitrogens with two attached hydrogens (primary N) is 1. The molecule has 0 atom stereocenters. The largest absolute Gasteiger partial charge is 0.319 e. The molecule has 2 N–H and O–H groups in total. The molecule has 1 aliphatic carbocycles. The minimum absolute atomic E-state index is 0.127. The van der Waals surface area contributed by atoms with Crippen LogP contribution in [0, 0.1) is 0 Å². The quantitative estimate of drug-likeness (QED) is 0.860. The van der Waals surface area contributed by atoms with Crippen molar-refractivity contribution in [1.29, 1.82) is 0 Å². The Balaban J connectivity index is 1.94. The monoisotopic (exact) mass is 230 g/mol. The van der Waals surface area contributed by atoms with Crippen molar-refractivity contribution in [2.24, 2.45) is 5.73 Å². The highest BCUT2D eigenvalue weighted by atomic mass is 32.1. The summed E-state index contributed by atoms with van der Waals surface area (Å²) in [5.41, 5.74) is 8.36. The van der Waals surface area contributed by atoms with E-state index in [0.29, 0.717) is 0 Å². The van der Waals surface area contributed by atoms with Gasteiger partial charge in [0.15, 0.2) is 0 Å². The summed E-state index contributed by atoms with van der Waals surface area (Å²) in [7, 11) is 0. The number of hydrogen-bond donors (Lipinski definition) is 1. The smallest absolute Gasteiger partial charge is 0.113 e. The van der Waals surface area contributed by atoms with Crippen LogP contribution >= 0.6 is 11.3 Å². The fraction of sp³-hybridized carbons (Fsp3) is 0.308. The number of benzene rings is 1. The van der Waals surface area contributed by atoms with Gasteiger partial charge in [0.2, 0.25) is 0 Å². The van der Waals surface area contributed by atoms with Crippen molar-refractivity contribution in [2.75, 3.05) is 0 Å². The van der Waals surface area contributed by atoms with Crippen LogP contribution in [0.25, 0.3) is 11.3 Å². The maximum atomic E-state index is 6.26. The van der Waals surface area contributed by atoms with Crippen molar-refractivity contribution < 1.29 is 0 Å². The highest BCUT2D eigenvalue weighted by Crippen LogP contribution is 2.40. The lowest BCUT2D eigenvalue weighted by molar-refractivity contribution is 0.253. The van der Waals surface area contributed by atoms with Crippen LogP contribution in [0.2, 0.25) is 0 Å². The van der Waals surface area contributed by atoms with Gasteiger partial charge < -0.3 is 5.73 Å². The van der Waals surface area contributed by atoms with E-state index in [1.807, 2.05) is 18.2 Å². The second-order valence-corrected chi connectivity index (χ2v) is 5.27. The van der Waals surface area contributed by atoms with Crippen LogP contribution < -0.4 is 5.73 Å². The molecule has 0 amide bonds. The topological polar surface area (TPSA) is 38.9 Å². The molecule has 1 heterocycles. The Morgan fingerprint density at radius 2 is 1.94 bits per heavy atom. The molecule has 2 aromatic rings. The number of hydrogen-bond acceptors (Lipinski definition) is 3. The first-order valence-electron chi connectivity index (χ1n) is 5.58. The SMILES string of the molecule is NC1(c2nc(-c3ccccc3)cs2)CCC1. The molecule has 0 spiro atoms. The lowest BCUT2D eigenvalue weighted by atomic mass is 9.78. The summed E-state index contributed by atoms with van der Waals surface area (Å²) < 4.78 is 0. The second kappa shape index (κ2) is 3.68. The van der Waals surface area contributed by atoms with Crippen LogP contribution in [-0.2, 0) is 5.54 Å². The average molecular weight is 230 g/mol. The molecule has 1 aromatic carbocycles. The number of nitrogens with zero attached hydrogens (tertiary/aromatic N) is 1. The van der Waals surface area contributed by atoms with Gasteiger partial charge in [-0.1, -0.05) is 30.3 Å². The van der Waals surface area contributed by atoms with Crippen molar-refractivity contribution in [3.8, 4) is 11.3 Å². The molecule has 0 unspecified atom stereocenters. The number of aromatic nitrogens is 1. The molecule has 1 aliphatic rings. The zero-order chi connectivity index (χ0) is 11.0. The molecular weight excluding hydrogens is 216 g/mol. The summed E-state index contributed by atoms with van der Waals surface area (Å²) in [6, 6.07) is 10.3. The van der Waals surface area contributed by atoms with Crippen LogP contribution in [0.1, 0.15) is 24.3 Å². The lowest BCUT2D eigenvalue weighted by Crippen LogP contribution is -2.43. The Labute approximate surface area is 99.1 Å². The number of thiazole rings is 1. The zero-order valence-corrected chi connectivity index (χ0v) is 9.83. The summed E-state index contributed by atoms with van der Waals surface area (Å²) in [6.45, 7) is 0. The van der Waals surface area contributed by atoms with E-state index in [4.69, 9.17) is 5.73 Å². The minimum atomic E-state index is -0.127. The summed E-state index contributed by atoms with van der Waals surface area (Å²) in [6.07, 6.45) is 3.39. The Morgan fingerprint density at radius 1 is 1.19 bits per heavy atom. The van der Waals surface area contributed by atoms with E-state index in [2.05, 4.69) is 22.5 Å². The molecule has 1 aromatic heterocycles. The first-order valence-corrected chi connectivity index (χ1v) is 6.46. The molecular formula is C13H14N2S. The fourth-order valence-electron chi connectivity index (χ4n) is 2.02. The van der Waals surface area contributed by atoms with Gasteiger partial charge >= 0.3 is 0 Å².